The number of nitrogens with zero attached hydrogens (tertiary/aromatic N) is 1. The Morgan fingerprint density at radius 3 is 2.46 bits per heavy atom. The number of nitro groups is 1. The van der Waals surface area contributed by atoms with Crippen LogP contribution in [0.25, 0.3) is 0 Å². The maximum Gasteiger partial charge on any atom is 0.422 e. The van der Waals surface area contributed by atoms with Gasteiger partial charge in [-0.25, -0.2) is 0 Å². The van der Waals surface area contributed by atoms with E-state index in [0.717, 1.165) is 6.07 Å². The minimum absolute atomic E-state index is 0.623. The highest BCUT2D eigenvalue weighted by Gasteiger charge is 2.37. The quantitative estimate of drug-likeness (QED) is 0.504. The molecule has 0 aliphatic heterocycles. The fourth-order valence-corrected chi connectivity index (χ4v) is 0.812. The predicted molar refractivity (Wildman–Crippen MR) is 36.9 cm³/mol. The number of hydrogen-bond donors (Lipinski definition) is 0. The molecule has 0 N–H and O–H groups in total. The fourth-order valence-electron chi connectivity index (χ4n) is 0.812. The molecule has 0 amide bonds. The Labute approximate surface area is 70.9 Å². The molecule has 69 valence electrons. The molecule has 1 radical (unpaired) electrons. The number of rotatable bonds is 1. The molecule has 13 heavy (non-hydrogen) atoms. The van der Waals surface area contributed by atoms with E-state index in [9.17, 15) is 23.3 Å². The van der Waals surface area contributed by atoms with E-state index < -0.39 is 22.4 Å². The van der Waals surface area contributed by atoms with Gasteiger partial charge in [-0.05, 0) is 12.1 Å². The van der Waals surface area contributed by atoms with Gasteiger partial charge in [-0.1, -0.05) is 6.07 Å². The lowest BCUT2D eigenvalue weighted by molar-refractivity contribution is -0.388. The average molecular weight is 190 g/mol. The third-order valence-electron chi connectivity index (χ3n) is 1.34. The Morgan fingerprint density at radius 1 is 1.46 bits per heavy atom. The molecule has 0 saturated carbocycles. The van der Waals surface area contributed by atoms with Crippen LogP contribution in [0.4, 0.5) is 18.9 Å². The van der Waals surface area contributed by atoms with Crippen LogP contribution in [0.5, 0.6) is 0 Å². The largest absolute Gasteiger partial charge is 0.422 e. The molecule has 0 fully saturated rings. The Hall–Kier alpha value is -1.59. The molecule has 0 aromatic heterocycles. The zero-order valence-electron chi connectivity index (χ0n) is 6.13. The van der Waals surface area contributed by atoms with E-state index in [1.54, 1.807) is 0 Å². The predicted octanol–water partition coefficient (Wildman–Crippen LogP) is 2.41. The third kappa shape index (κ3) is 1.95. The molecule has 0 bridgehead atoms. The minimum atomic E-state index is -4.70. The van der Waals surface area contributed by atoms with Gasteiger partial charge in [-0.2, -0.15) is 13.2 Å². The van der Waals surface area contributed by atoms with Crippen molar-refractivity contribution in [3.63, 3.8) is 0 Å². The smallest absolute Gasteiger partial charge is 0.258 e. The summed E-state index contributed by atoms with van der Waals surface area (Å²) in [5, 5.41) is 10.2. The second-order valence-corrected chi connectivity index (χ2v) is 2.20. The molecule has 1 aromatic carbocycles. The van der Waals surface area contributed by atoms with E-state index >= 15 is 0 Å². The Bertz CT molecular complexity index is 335. The molecule has 3 nitrogen and oxygen atoms in total. The molecule has 6 heteroatoms. The van der Waals surface area contributed by atoms with Crippen LogP contribution < -0.4 is 0 Å². The molecule has 0 heterocycles. The molecule has 0 unspecified atom stereocenters. The molecule has 1 aromatic rings. The van der Waals surface area contributed by atoms with Crippen molar-refractivity contribution in [3.05, 3.63) is 39.9 Å². The van der Waals surface area contributed by atoms with Crippen molar-refractivity contribution in [2.45, 2.75) is 6.18 Å². The van der Waals surface area contributed by atoms with Crippen molar-refractivity contribution in [2.75, 3.05) is 0 Å². The van der Waals surface area contributed by atoms with E-state index in [4.69, 9.17) is 0 Å². The molecule has 0 aliphatic rings. The van der Waals surface area contributed by atoms with Gasteiger partial charge in [0.1, 0.15) is 5.56 Å². The van der Waals surface area contributed by atoms with Crippen LogP contribution in [0.15, 0.2) is 18.2 Å². The van der Waals surface area contributed by atoms with E-state index in [2.05, 4.69) is 6.07 Å². The highest BCUT2D eigenvalue weighted by molar-refractivity contribution is 5.41. The van der Waals surface area contributed by atoms with Crippen LogP contribution in [0.2, 0.25) is 0 Å². The zero-order chi connectivity index (χ0) is 10.1. The van der Waals surface area contributed by atoms with E-state index in [1.807, 2.05) is 0 Å². The van der Waals surface area contributed by atoms with Crippen molar-refractivity contribution in [2.24, 2.45) is 0 Å². The monoisotopic (exact) mass is 190 g/mol. The van der Waals surface area contributed by atoms with Gasteiger partial charge < -0.3 is 0 Å². The standard InChI is InChI=1S/C7H3F3NO2/c8-7(9,10)5-3-1-2-4-6(5)11(12)13/h1,3-4H. The van der Waals surface area contributed by atoms with Crippen molar-refractivity contribution in [1.29, 1.82) is 0 Å². The average Bonchev–Trinajstić information content (AvgIpc) is 2.03. The highest BCUT2D eigenvalue weighted by atomic mass is 19.4. The van der Waals surface area contributed by atoms with E-state index in [0.29, 0.717) is 12.1 Å². The first kappa shape index (κ1) is 9.50. The molecule has 1 rings (SSSR count). The first-order valence-corrected chi connectivity index (χ1v) is 3.14. The Balaban J connectivity index is 3.28. The van der Waals surface area contributed by atoms with Crippen molar-refractivity contribution < 1.29 is 18.1 Å². The summed E-state index contributed by atoms with van der Waals surface area (Å²) >= 11 is 0. The van der Waals surface area contributed by atoms with Crippen LogP contribution >= 0.6 is 0 Å². The Kier molecular flexibility index (Phi) is 2.22. The molecule has 0 spiro atoms. The van der Waals surface area contributed by atoms with Gasteiger partial charge in [0.2, 0.25) is 0 Å². The van der Waals surface area contributed by atoms with Crippen LogP contribution in [0.1, 0.15) is 5.56 Å². The highest BCUT2D eigenvalue weighted by Crippen LogP contribution is 2.35. The van der Waals surface area contributed by atoms with Crippen molar-refractivity contribution >= 4 is 5.69 Å². The summed E-state index contributed by atoms with van der Waals surface area (Å²) in [5.74, 6) is 0. The van der Waals surface area contributed by atoms with Gasteiger partial charge in [-0.3, -0.25) is 10.1 Å². The van der Waals surface area contributed by atoms with Gasteiger partial charge in [0, 0.05) is 6.07 Å². The number of alkyl halides is 3. The van der Waals surface area contributed by atoms with Gasteiger partial charge in [0.25, 0.3) is 5.69 Å². The molecule has 0 atom stereocenters. The zero-order valence-corrected chi connectivity index (χ0v) is 6.13. The molecule has 0 aliphatic carbocycles. The lowest BCUT2D eigenvalue weighted by atomic mass is 10.2. The molecular weight excluding hydrogens is 187 g/mol. The normalized spacial score (nSPS) is 11.3. The van der Waals surface area contributed by atoms with Gasteiger partial charge in [0.05, 0.1) is 4.92 Å². The van der Waals surface area contributed by atoms with Crippen molar-refractivity contribution in [1.82, 2.24) is 0 Å². The Morgan fingerprint density at radius 2 is 2.08 bits per heavy atom. The summed E-state index contributed by atoms with van der Waals surface area (Å²) in [4.78, 5) is 9.07. The SMILES string of the molecule is O=[N+]([O-])c1c[c]ccc1C(F)(F)F. The number of benzene rings is 1. The molecule has 0 saturated heterocycles. The first-order chi connectivity index (χ1) is 5.93. The van der Waals surface area contributed by atoms with Crippen LogP contribution in [0.3, 0.4) is 0 Å². The minimum Gasteiger partial charge on any atom is -0.258 e. The van der Waals surface area contributed by atoms with Gasteiger partial charge in [0.15, 0.2) is 0 Å². The summed E-state index contributed by atoms with van der Waals surface area (Å²) in [7, 11) is 0. The lowest BCUT2D eigenvalue weighted by Crippen LogP contribution is -2.08. The van der Waals surface area contributed by atoms with Crippen molar-refractivity contribution in [3.8, 4) is 0 Å². The van der Waals surface area contributed by atoms with E-state index in [-0.39, 0.29) is 0 Å². The maximum atomic E-state index is 12.1. The topological polar surface area (TPSA) is 43.1 Å². The van der Waals surface area contributed by atoms with Crippen LogP contribution in [0, 0.1) is 16.2 Å². The third-order valence-corrected chi connectivity index (χ3v) is 1.34. The summed E-state index contributed by atoms with van der Waals surface area (Å²) < 4.78 is 36.3. The van der Waals surface area contributed by atoms with Gasteiger partial charge in [-0.15, -0.1) is 0 Å². The number of nitro benzene ring substituents is 1. The second kappa shape index (κ2) is 3.04. The fraction of sp³-hybridized carbons (Fsp3) is 0.143. The number of hydrogen-bond acceptors (Lipinski definition) is 2. The summed E-state index contributed by atoms with van der Waals surface area (Å²) in [6.45, 7) is 0. The molecular formula is C7H3F3NO2. The lowest BCUT2D eigenvalue weighted by Gasteiger charge is -2.05. The van der Waals surface area contributed by atoms with Crippen LogP contribution in [-0.2, 0) is 6.18 Å². The van der Waals surface area contributed by atoms with Crippen LogP contribution in [-0.4, -0.2) is 4.92 Å². The van der Waals surface area contributed by atoms with Gasteiger partial charge >= 0.3 is 6.18 Å². The maximum absolute atomic E-state index is 12.1. The van der Waals surface area contributed by atoms with E-state index in [1.165, 1.54) is 0 Å². The second-order valence-electron chi connectivity index (χ2n) is 2.20. The summed E-state index contributed by atoms with van der Waals surface area (Å²) in [6.07, 6.45) is -4.70. The summed E-state index contributed by atoms with van der Waals surface area (Å²) in [5.41, 5.74) is -2.23. The first-order valence-electron chi connectivity index (χ1n) is 3.14. The summed E-state index contributed by atoms with van der Waals surface area (Å²) in [6, 6.07) is 4.52. The number of halogens is 3.